The van der Waals surface area contributed by atoms with Crippen LogP contribution in [0.5, 0.6) is 0 Å². The third-order valence-corrected chi connectivity index (χ3v) is 4.82. The molecule has 2 heterocycles. The highest BCUT2D eigenvalue weighted by molar-refractivity contribution is 7.89. The van der Waals surface area contributed by atoms with Crippen molar-refractivity contribution in [3.8, 4) is 5.69 Å². The second-order valence-corrected chi connectivity index (χ2v) is 7.45. The van der Waals surface area contributed by atoms with Gasteiger partial charge in [-0.3, -0.25) is 4.79 Å². The van der Waals surface area contributed by atoms with E-state index in [1.807, 2.05) is 0 Å². The summed E-state index contributed by atoms with van der Waals surface area (Å²) < 4.78 is 23.9. The summed E-state index contributed by atoms with van der Waals surface area (Å²) in [5.74, 6) is -0.672. The van der Waals surface area contributed by atoms with Gasteiger partial charge < -0.3 is 4.90 Å². The topological polar surface area (TPSA) is 111 Å². The fourth-order valence-corrected chi connectivity index (χ4v) is 3.80. The van der Waals surface area contributed by atoms with E-state index < -0.39 is 10.0 Å². The molecule has 0 spiro atoms. The number of nitrogens with zero attached hydrogens (tertiary/aromatic N) is 4. The Morgan fingerprint density at radius 2 is 2.17 bits per heavy atom. The van der Waals surface area contributed by atoms with Gasteiger partial charge in [-0.15, -0.1) is 0 Å². The van der Waals surface area contributed by atoms with Crippen LogP contribution < -0.4 is 10.0 Å². The lowest BCUT2D eigenvalue weighted by Gasteiger charge is -2.18. The van der Waals surface area contributed by atoms with Gasteiger partial charge in [-0.25, -0.2) is 23.2 Å². The zero-order chi connectivity index (χ0) is 16.6. The molecule has 2 N–H and O–H groups in total. The molecule has 1 unspecified atom stereocenters. The van der Waals surface area contributed by atoms with Gasteiger partial charge in [0.2, 0.25) is 15.9 Å². The normalized spacial score (nSPS) is 18.6. The van der Waals surface area contributed by atoms with Crippen LogP contribution in [0.25, 0.3) is 5.69 Å². The Balaban J connectivity index is 1.82. The van der Waals surface area contributed by atoms with Crippen LogP contribution in [-0.4, -0.2) is 41.4 Å². The molecule has 1 amide bonds. The minimum absolute atomic E-state index is 0.150. The fraction of sp³-hybridized carbons (Fsp3) is 0.308. The van der Waals surface area contributed by atoms with Crippen molar-refractivity contribution in [1.82, 2.24) is 14.8 Å². The smallest absolute Gasteiger partial charge is 0.227 e. The molecule has 1 aromatic carbocycles. The zero-order valence-corrected chi connectivity index (χ0v) is 13.5. The Morgan fingerprint density at radius 1 is 1.39 bits per heavy atom. The first-order valence-electron chi connectivity index (χ1n) is 6.79. The molecule has 0 radical (unpaired) electrons. The molecule has 122 valence electrons. The van der Waals surface area contributed by atoms with E-state index in [4.69, 9.17) is 16.7 Å². The lowest BCUT2D eigenvalue weighted by atomic mass is 10.1. The highest BCUT2D eigenvalue weighted by Crippen LogP contribution is 2.30. The van der Waals surface area contributed by atoms with Crippen molar-refractivity contribution in [1.29, 1.82) is 0 Å². The van der Waals surface area contributed by atoms with E-state index in [2.05, 4.69) is 10.1 Å². The molecule has 2 aromatic rings. The molecule has 10 heteroatoms. The van der Waals surface area contributed by atoms with Gasteiger partial charge in [0.15, 0.2) is 0 Å². The number of anilines is 1. The Hall–Kier alpha value is -1.97. The molecular weight excluding hydrogens is 342 g/mol. The number of sulfonamides is 1. The number of rotatable bonds is 4. The van der Waals surface area contributed by atoms with Crippen molar-refractivity contribution < 1.29 is 13.2 Å². The molecule has 1 aromatic heterocycles. The number of carbonyl (C=O) groups is 1. The van der Waals surface area contributed by atoms with Crippen molar-refractivity contribution in [3.63, 3.8) is 0 Å². The number of nitrogens with two attached hydrogens (primary N) is 1. The van der Waals surface area contributed by atoms with Crippen molar-refractivity contribution >= 4 is 33.2 Å². The Kier molecular flexibility index (Phi) is 4.09. The third-order valence-electron chi connectivity index (χ3n) is 3.58. The minimum Gasteiger partial charge on any atom is -0.312 e. The van der Waals surface area contributed by atoms with Crippen molar-refractivity contribution in [3.05, 3.63) is 35.9 Å². The quantitative estimate of drug-likeness (QED) is 0.861. The Labute approximate surface area is 137 Å². The minimum atomic E-state index is -3.60. The number of hydrogen-bond acceptors (Lipinski definition) is 5. The van der Waals surface area contributed by atoms with Crippen LogP contribution >= 0.6 is 11.6 Å². The van der Waals surface area contributed by atoms with Crippen molar-refractivity contribution in [2.24, 2.45) is 11.1 Å². The summed E-state index contributed by atoms with van der Waals surface area (Å²) in [5, 5.41) is 9.46. The number of carbonyl (C=O) groups excluding carboxylic acids is 1. The molecule has 1 atom stereocenters. The molecule has 0 saturated carbocycles. The monoisotopic (exact) mass is 355 g/mol. The molecule has 1 fully saturated rings. The van der Waals surface area contributed by atoms with Gasteiger partial charge in [0.05, 0.1) is 16.5 Å². The largest absolute Gasteiger partial charge is 0.312 e. The molecular formula is C13H14ClN5O3S. The molecule has 23 heavy (non-hydrogen) atoms. The summed E-state index contributed by atoms with van der Waals surface area (Å²) in [6.07, 6.45) is 3.06. The fourth-order valence-electron chi connectivity index (χ4n) is 2.65. The van der Waals surface area contributed by atoms with Crippen LogP contribution in [0, 0.1) is 5.92 Å². The van der Waals surface area contributed by atoms with Gasteiger partial charge in [0, 0.05) is 24.6 Å². The van der Waals surface area contributed by atoms with Crippen LogP contribution in [0.1, 0.15) is 6.42 Å². The Morgan fingerprint density at radius 3 is 2.78 bits per heavy atom. The van der Waals surface area contributed by atoms with E-state index >= 15 is 0 Å². The first-order valence-corrected chi connectivity index (χ1v) is 8.88. The summed E-state index contributed by atoms with van der Waals surface area (Å²) in [5.41, 5.74) is 1.25. The van der Waals surface area contributed by atoms with Crippen LogP contribution in [0.2, 0.25) is 5.02 Å². The summed E-state index contributed by atoms with van der Waals surface area (Å²) >= 11 is 6.25. The maximum Gasteiger partial charge on any atom is 0.227 e. The van der Waals surface area contributed by atoms with E-state index in [0.29, 0.717) is 22.9 Å². The van der Waals surface area contributed by atoms with Crippen LogP contribution in [0.15, 0.2) is 30.9 Å². The molecule has 1 aliphatic heterocycles. The van der Waals surface area contributed by atoms with Gasteiger partial charge in [-0.2, -0.15) is 5.10 Å². The number of halogens is 1. The maximum atomic E-state index is 12.1. The highest BCUT2D eigenvalue weighted by Gasteiger charge is 2.33. The van der Waals surface area contributed by atoms with Crippen LogP contribution in [-0.2, 0) is 14.8 Å². The number of hydrogen-bond donors (Lipinski definition) is 1. The van der Waals surface area contributed by atoms with Crippen molar-refractivity contribution in [2.75, 3.05) is 17.2 Å². The van der Waals surface area contributed by atoms with Gasteiger partial charge in [0.25, 0.3) is 0 Å². The second kappa shape index (κ2) is 5.91. The van der Waals surface area contributed by atoms with Gasteiger partial charge in [-0.1, -0.05) is 11.6 Å². The third kappa shape index (κ3) is 3.52. The lowest BCUT2D eigenvalue weighted by molar-refractivity contribution is -0.117. The maximum absolute atomic E-state index is 12.1. The molecule has 0 bridgehead atoms. The first-order chi connectivity index (χ1) is 10.8. The zero-order valence-electron chi connectivity index (χ0n) is 12.0. The number of aromatic nitrogens is 3. The summed E-state index contributed by atoms with van der Waals surface area (Å²) in [7, 11) is -3.60. The number of primary sulfonamides is 1. The second-order valence-electron chi connectivity index (χ2n) is 5.38. The Bertz CT molecular complexity index is 837. The SMILES string of the molecule is NS(=O)(=O)CC1CC(=O)N(c2ccc(-n3cncn3)c(Cl)c2)C1. The van der Waals surface area contributed by atoms with Gasteiger partial charge in [0.1, 0.15) is 12.7 Å². The van der Waals surface area contributed by atoms with Crippen molar-refractivity contribution in [2.45, 2.75) is 6.42 Å². The van der Waals surface area contributed by atoms with E-state index in [1.54, 1.807) is 18.2 Å². The summed E-state index contributed by atoms with van der Waals surface area (Å²) in [6.45, 7) is 0.300. The van der Waals surface area contributed by atoms with E-state index in [0.717, 1.165) is 0 Å². The lowest BCUT2D eigenvalue weighted by Crippen LogP contribution is -2.27. The van der Waals surface area contributed by atoms with Crippen LogP contribution in [0.4, 0.5) is 5.69 Å². The van der Waals surface area contributed by atoms with Gasteiger partial charge in [-0.05, 0) is 18.2 Å². The summed E-state index contributed by atoms with van der Waals surface area (Å²) in [4.78, 5) is 17.5. The van der Waals surface area contributed by atoms with Gasteiger partial charge >= 0.3 is 0 Å². The molecule has 8 nitrogen and oxygen atoms in total. The van der Waals surface area contributed by atoms with E-state index in [-0.39, 0.29) is 24.0 Å². The first kappa shape index (κ1) is 15.9. The average molecular weight is 356 g/mol. The molecule has 1 saturated heterocycles. The molecule has 0 aliphatic carbocycles. The number of benzene rings is 1. The summed E-state index contributed by atoms with van der Waals surface area (Å²) in [6, 6.07) is 5.11. The highest BCUT2D eigenvalue weighted by atomic mass is 35.5. The van der Waals surface area contributed by atoms with Crippen LogP contribution in [0.3, 0.4) is 0 Å². The predicted octanol–water partition coefficient (Wildman–Crippen LogP) is 0.562. The molecule has 1 aliphatic rings. The van der Waals surface area contributed by atoms with E-state index in [1.165, 1.54) is 22.2 Å². The average Bonchev–Trinajstić information content (AvgIpc) is 3.06. The van der Waals surface area contributed by atoms with E-state index in [9.17, 15) is 13.2 Å². The predicted molar refractivity (Wildman–Crippen MR) is 84.8 cm³/mol. The molecule has 3 rings (SSSR count). The number of amides is 1. The standard InChI is InChI=1S/C13H14ClN5O3S/c14-11-4-10(1-2-12(11)19-8-16-7-17-19)18-5-9(3-13(18)20)6-23(15,21)22/h1-2,4,7-9H,3,5-6H2,(H2,15,21,22).